The fourth-order valence-electron chi connectivity index (χ4n) is 1.80. The minimum Gasteiger partial charge on any atom is -0.370 e. The summed E-state index contributed by atoms with van der Waals surface area (Å²) in [6.07, 6.45) is 2.69. The van der Waals surface area contributed by atoms with Gasteiger partial charge in [0, 0.05) is 13.0 Å². The predicted octanol–water partition coefficient (Wildman–Crippen LogP) is 2.79. The molecule has 1 heterocycles. The fraction of sp³-hybridized carbons (Fsp3) is 0.214. The molecule has 0 atom stereocenters. The molecule has 0 radical (unpaired) electrons. The lowest BCUT2D eigenvalue weighted by Crippen LogP contribution is -2.28. The molecule has 0 saturated carbocycles. The Balaban J connectivity index is 2.05. The molecule has 0 spiro atoms. The Labute approximate surface area is 127 Å². The van der Waals surface area contributed by atoms with Crippen molar-refractivity contribution in [1.82, 2.24) is 4.90 Å². The van der Waals surface area contributed by atoms with Gasteiger partial charge in [0.1, 0.15) is 4.99 Å². The molecular formula is C14H14N2O2S2. The van der Waals surface area contributed by atoms with E-state index in [-0.39, 0.29) is 17.6 Å². The molecule has 1 saturated heterocycles. The molecule has 6 heteroatoms. The molecule has 4 nitrogen and oxygen atoms in total. The highest BCUT2D eigenvalue weighted by atomic mass is 32.2. The van der Waals surface area contributed by atoms with Crippen molar-refractivity contribution in [2.45, 2.75) is 12.8 Å². The topological polar surface area (TPSA) is 63.4 Å². The number of carbonyl (C=O) groups is 2. The molecule has 104 valence electrons. The third-order valence-corrected chi connectivity index (χ3v) is 4.27. The smallest absolute Gasteiger partial charge is 0.291 e. The molecule has 20 heavy (non-hydrogen) atoms. The number of hydrogen-bond acceptors (Lipinski definition) is 4. The summed E-state index contributed by atoms with van der Waals surface area (Å²) in [7, 11) is 0. The van der Waals surface area contributed by atoms with E-state index in [2.05, 4.69) is 0 Å². The van der Waals surface area contributed by atoms with Crippen molar-refractivity contribution in [3.05, 3.63) is 40.8 Å². The molecule has 0 unspecified atom stereocenters. The predicted molar refractivity (Wildman–Crippen MR) is 85.1 cm³/mol. The minimum absolute atomic E-state index is 0.0957. The summed E-state index contributed by atoms with van der Waals surface area (Å²) in [5.41, 5.74) is 6.09. The quantitative estimate of drug-likeness (QED) is 0.671. The maximum atomic E-state index is 11.9. The van der Waals surface area contributed by atoms with E-state index >= 15 is 0 Å². The zero-order chi connectivity index (χ0) is 14.5. The fourth-order valence-corrected chi connectivity index (χ4v) is 3.09. The summed E-state index contributed by atoms with van der Waals surface area (Å²) in [5.74, 6) is -0.365. The van der Waals surface area contributed by atoms with Crippen molar-refractivity contribution in [1.29, 1.82) is 0 Å². The number of nitrogens with two attached hydrogens (primary N) is 1. The van der Waals surface area contributed by atoms with E-state index in [0.717, 1.165) is 22.2 Å². The van der Waals surface area contributed by atoms with Crippen LogP contribution in [0.15, 0.2) is 35.2 Å². The van der Waals surface area contributed by atoms with Gasteiger partial charge in [-0.15, -0.1) is 0 Å². The summed E-state index contributed by atoms with van der Waals surface area (Å²) in [4.78, 5) is 25.4. The molecule has 1 fully saturated rings. The first-order valence-electron chi connectivity index (χ1n) is 6.16. The van der Waals surface area contributed by atoms with Gasteiger partial charge in [0.15, 0.2) is 0 Å². The molecule has 1 aliphatic heterocycles. The standard InChI is InChI=1S/C14H14N2O2S2/c15-12(17)7-4-8-16-13(19)11(20-14(16)18)9-10-5-2-1-3-6-10/h1-3,5-6,9H,4,7-8H2,(H2,15,17). The van der Waals surface area contributed by atoms with Crippen molar-refractivity contribution in [2.24, 2.45) is 5.73 Å². The van der Waals surface area contributed by atoms with Gasteiger partial charge in [-0.05, 0) is 29.8 Å². The molecule has 1 aliphatic rings. The molecule has 1 aromatic rings. The van der Waals surface area contributed by atoms with Crippen molar-refractivity contribution in [2.75, 3.05) is 6.54 Å². The van der Waals surface area contributed by atoms with Crippen LogP contribution in [0.5, 0.6) is 0 Å². The molecule has 0 aliphatic carbocycles. The van der Waals surface area contributed by atoms with Gasteiger partial charge in [0.05, 0.1) is 4.91 Å². The number of benzene rings is 1. The first-order chi connectivity index (χ1) is 9.58. The molecular weight excluding hydrogens is 292 g/mol. The molecule has 1 aromatic carbocycles. The average molecular weight is 306 g/mol. The van der Waals surface area contributed by atoms with Crippen molar-refractivity contribution in [3.63, 3.8) is 0 Å². The van der Waals surface area contributed by atoms with Gasteiger partial charge >= 0.3 is 0 Å². The Morgan fingerprint density at radius 3 is 2.70 bits per heavy atom. The van der Waals surface area contributed by atoms with Gasteiger partial charge < -0.3 is 5.73 Å². The van der Waals surface area contributed by atoms with Crippen LogP contribution >= 0.6 is 24.0 Å². The highest BCUT2D eigenvalue weighted by Gasteiger charge is 2.31. The second-order valence-corrected chi connectivity index (χ2v) is 5.69. The lowest BCUT2D eigenvalue weighted by Gasteiger charge is -2.13. The van der Waals surface area contributed by atoms with E-state index in [9.17, 15) is 9.59 Å². The number of nitrogens with zero attached hydrogens (tertiary/aromatic N) is 1. The van der Waals surface area contributed by atoms with Crippen molar-refractivity contribution >= 4 is 46.2 Å². The number of thiocarbonyl (C=S) groups is 1. The van der Waals surface area contributed by atoms with Gasteiger partial charge in [-0.25, -0.2) is 0 Å². The van der Waals surface area contributed by atoms with Gasteiger partial charge in [-0.1, -0.05) is 42.5 Å². The van der Waals surface area contributed by atoms with E-state index in [1.165, 1.54) is 4.90 Å². The molecule has 2 N–H and O–H groups in total. The molecule has 2 amide bonds. The SMILES string of the molecule is NC(=O)CCCN1C(=O)SC(=Cc2ccccc2)C1=S. The van der Waals surface area contributed by atoms with Crippen LogP contribution in [0.25, 0.3) is 6.08 Å². The lowest BCUT2D eigenvalue weighted by molar-refractivity contribution is -0.118. The van der Waals surface area contributed by atoms with E-state index < -0.39 is 0 Å². The average Bonchev–Trinajstić information content (AvgIpc) is 2.67. The first-order valence-corrected chi connectivity index (χ1v) is 7.39. The van der Waals surface area contributed by atoms with Crippen LogP contribution in [-0.4, -0.2) is 27.6 Å². The van der Waals surface area contributed by atoms with Crippen molar-refractivity contribution < 1.29 is 9.59 Å². The number of hydrogen-bond donors (Lipinski definition) is 1. The number of thioether (sulfide) groups is 1. The van der Waals surface area contributed by atoms with E-state index in [1.807, 2.05) is 36.4 Å². The highest BCUT2D eigenvalue weighted by Crippen LogP contribution is 2.33. The Hall–Kier alpha value is -1.66. The van der Waals surface area contributed by atoms with Crippen LogP contribution in [-0.2, 0) is 4.79 Å². The number of primary amides is 1. The summed E-state index contributed by atoms with van der Waals surface area (Å²) in [6.45, 7) is 0.430. The normalized spacial score (nSPS) is 17.0. The third kappa shape index (κ3) is 3.68. The van der Waals surface area contributed by atoms with E-state index in [1.54, 1.807) is 0 Å². The van der Waals surface area contributed by atoms with Crippen molar-refractivity contribution in [3.8, 4) is 0 Å². The summed E-state index contributed by atoms with van der Waals surface area (Å²) in [6, 6.07) is 9.71. The van der Waals surface area contributed by atoms with Crippen LogP contribution in [0.4, 0.5) is 4.79 Å². The van der Waals surface area contributed by atoms with Crippen LogP contribution in [0.3, 0.4) is 0 Å². The van der Waals surface area contributed by atoms with Crippen LogP contribution < -0.4 is 5.73 Å². The first kappa shape index (κ1) is 14.7. The van der Waals surface area contributed by atoms with Gasteiger partial charge in [0.25, 0.3) is 5.24 Å². The Kier molecular flexibility index (Phi) is 4.92. The van der Waals surface area contributed by atoms with Crippen LogP contribution in [0, 0.1) is 0 Å². The highest BCUT2D eigenvalue weighted by molar-refractivity contribution is 8.19. The monoisotopic (exact) mass is 306 g/mol. The van der Waals surface area contributed by atoms with Gasteiger partial charge in [-0.2, -0.15) is 0 Å². The van der Waals surface area contributed by atoms with Crippen LogP contribution in [0.1, 0.15) is 18.4 Å². The zero-order valence-corrected chi connectivity index (χ0v) is 12.4. The van der Waals surface area contributed by atoms with E-state index in [0.29, 0.717) is 18.0 Å². The zero-order valence-electron chi connectivity index (χ0n) is 10.7. The summed E-state index contributed by atoms with van der Waals surface area (Å²) in [5, 5.41) is -0.0957. The second-order valence-electron chi connectivity index (χ2n) is 4.31. The summed E-state index contributed by atoms with van der Waals surface area (Å²) >= 11 is 6.44. The summed E-state index contributed by atoms with van der Waals surface area (Å²) < 4.78 is 0. The minimum atomic E-state index is -0.365. The molecule has 0 bridgehead atoms. The maximum absolute atomic E-state index is 11.9. The number of carbonyl (C=O) groups excluding carboxylic acids is 2. The van der Waals surface area contributed by atoms with Gasteiger partial charge in [-0.3, -0.25) is 14.5 Å². The number of rotatable bonds is 5. The Bertz CT molecular complexity index is 570. The second kappa shape index (κ2) is 6.67. The lowest BCUT2D eigenvalue weighted by atomic mass is 10.2. The number of amides is 2. The third-order valence-electron chi connectivity index (χ3n) is 2.78. The van der Waals surface area contributed by atoms with E-state index in [4.69, 9.17) is 18.0 Å². The Morgan fingerprint density at radius 2 is 2.05 bits per heavy atom. The Morgan fingerprint density at radius 1 is 1.35 bits per heavy atom. The maximum Gasteiger partial charge on any atom is 0.291 e. The van der Waals surface area contributed by atoms with Gasteiger partial charge in [0.2, 0.25) is 5.91 Å². The molecule has 0 aromatic heterocycles. The molecule has 2 rings (SSSR count). The van der Waals surface area contributed by atoms with Crippen LogP contribution in [0.2, 0.25) is 0 Å². The largest absolute Gasteiger partial charge is 0.370 e.